The van der Waals surface area contributed by atoms with Crippen molar-refractivity contribution in [3.63, 3.8) is 0 Å². The average molecular weight is 309 g/mol. The molecule has 1 aliphatic carbocycles. The van der Waals surface area contributed by atoms with Gasteiger partial charge in [-0.05, 0) is 36.6 Å². The van der Waals surface area contributed by atoms with Crippen molar-refractivity contribution in [2.45, 2.75) is 50.5 Å². The maximum atomic E-state index is 5.96. The Labute approximate surface area is 131 Å². The summed E-state index contributed by atoms with van der Waals surface area (Å²) in [5, 5.41) is 3.70. The minimum Gasteiger partial charge on any atom is -0.389 e. The normalized spacial score (nSPS) is 22.5. The number of rotatable bonds is 5. The summed E-state index contributed by atoms with van der Waals surface area (Å²) in [5.74, 6) is 1.74. The minimum absolute atomic E-state index is 0.493. The van der Waals surface area contributed by atoms with E-state index in [1.807, 2.05) is 0 Å². The van der Waals surface area contributed by atoms with E-state index in [4.69, 9.17) is 18.0 Å². The van der Waals surface area contributed by atoms with Crippen LogP contribution >= 0.6 is 24.0 Å². The van der Waals surface area contributed by atoms with Crippen LogP contribution in [0.4, 0.5) is 5.69 Å². The van der Waals surface area contributed by atoms with Crippen LogP contribution in [0.3, 0.4) is 0 Å². The van der Waals surface area contributed by atoms with Crippen molar-refractivity contribution in [2.24, 2.45) is 11.7 Å². The summed E-state index contributed by atoms with van der Waals surface area (Å²) in [6.45, 7) is 4.49. The highest BCUT2D eigenvalue weighted by atomic mass is 32.2. The van der Waals surface area contributed by atoms with E-state index in [-0.39, 0.29) is 0 Å². The highest BCUT2D eigenvalue weighted by Crippen LogP contribution is 2.32. The van der Waals surface area contributed by atoms with Crippen molar-refractivity contribution in [3.05, 3.63) is 23.8 Å². The molecule has 0 saturated heterocycles. The first-order valence-corrected chi connectivity index (χ1v) is 8.85. The summed E-state index contributed by atoms with van der Waals surface area (Å²) < 4.78 is 0. The topological polar surface area (TPSA) is 38.0 Å². The largest absolute Gasteiger partial charge is 0.389 e. The number of hydrogen-bond acceptors (Lipinski definition) is 3. The second kappa shape index (κ2) is 7.32. The number of thioether (sulfide) groups is 1. The first-order valence-electron chi connectivity index (χ1n) is 7.45. The fourth-order valence-corrected chi connectivity index (χ4v) is 4.05. The molecule has 1 aliphatic rings. The number of anilines is 1. The van der Waals surface area contributed by atoms with Crippen LogP contribution in [0, 0.1) is 5.92 Å². The van der Waals surface area contributed by atoms with Gasteiger partial charge in [0.25, 0.3) is 0 Å². The molecule has 0 spiro atoms. The molecule has 110 valence electrons. The Morgan fingerprint density at radius 2 is 2.15 bits per heavy atom. The van der Waals surface area contributed by atoms with Crippen LogP contribution in [0.5, 0.6) is 0 Å². The van der Waals surface area contributed by atoms with Crippen LogP contribution in [0.1, 0.15) is 45.1 Å². The van der Waals surface area contributed by atoms with E-state index in [9.17, 15) is 0 Å². The second-order valence-corrected chi connectivity index (χ2v) is 7.23. The standard InChI is InChI=1S/C16H24N2S2/c1-3-20-14-10-6-9-13(15(14)16(17)19)18-12-8-5-4-7-11(12)2/h6,9-12,18H,3-5,7-8H2,1-2H3,(H2,17,19). The third-order valence-electron chi connectivity index (χ3n) is 4.02. The second-order valence-electron chi connectivity index (χ2n) is 5.49. The third-order valence-corrected chi connectivity index (χ3v) is 5.17. The molecule has 2 unspecified atom stereocenters. The smallest absolute Gasteiger partial charge is 0.107 e. The summed E-state index contributed by atoms with van der Waals surface area (Å²) >= 11 is 7.07. The Balaban J connectivity index is 2.26. The van der Waals surface area contributed by atoms with Crippen LogP contribution in [0.2, 0.25) is 0 Å². The van der Waals surface area contributed by atoms with Crippen molar-refractivity contribution < 1.29 is 0 Å². The summed E-state index contributed by atoms with van der Waals surface area (Å²) in [5.41, 5.74) is 8.09. The monoisotopic (exact) mass is 308 g/mol. The Bertz CT molecular complexity index is 474. The number of nitrogens with two attached hydrogens (primary N) is 1. The lowest BCUT2D eigenvalue weighted by molar-refractivity contribution is 0.349. The van der Waals surface area contributed by atoms with E-state index in [2.05, 4.69) is 37.4 Å². The van der Waals surface area contributed by atoms with E-state index in [0.717, 1.165) is 17.0 Å². The Hall–Kier alpha value is -0.740. The molecule has 2 rings (SSSR count). The molecule has 1 fully saturated rings. The molecule has 0 heterocycles. The SMILES string of the molecule is CCSc1cccc(NC2CCCCC2C)c1C(N)=S. The van der Waals surface area contributed by atoms with Gasteiger partial charge in [-0.25, -0.2) is 0 Å². The number of nitrogens with one attached hydrogen (secondary N) is 1. The number of hydrogen-bond donors (Lipinski definition) is 2. The molecular weight excluding hydrogens is 284 g/mol. The first-order chi connectivity index (χ1) is 9.63. The highest BCUT2D eigenvalue weighted by Gasteiger charge is 2.22. The molecule has 2 nitrogen and oxygen atoms in total. The lowest BCUT2D eigenvalue weighted by Gasteiger charge is -2.31. The highest BCUT2D eigenvalue weighted by molar-refractivity contribution is 7.99. The van der Waals surface area contributed by atoms with E-state index >= 15 is 0 Å². The van der Waals surface area contributed by atoms with Gasteiger partial charge in [0, 0.05) is 22.2 Å². The van der Waals surface area contributed by atoms with E-state index in [0.29, 0.717) is 16.9 Å². The van der Waals surface area contributed by atoms with Crippen LogP contribution in [-0.4, -0.2) is 16.8 Å². The predicted molar refractivity (Wildman–Crippen MR) is 93.8 cm³/mol. The van der Waals surface area contributed by atoms with Crippen LogP contribution in [0.25, 0.3) is 0 Å². The molecule has 1 aromatic carbocycles. The third kappa shape index (κ3) is 3.67. The molecule has 0 aliphatic heterocycles. The van der Waals surface area contributed by atoms with Gasteiger partial charge >= 0.3 is 0 Å². The summed E-state index contributed by atoms with van der Waals surface area (Å²) in [6, 6.07) is 6.85. The molecule has 4 heteroatoms. The van der Waals surface area contributed by atoms with Gasteiger partial charge < -0.3 is 11.1 Å². The van der Waals surface area contributed by atoms with Crippen molar-refractivity contribution in [1.29, 1.82) is 0 Å². The number of benzene rings is 1. The summed E-state index contributed by atoms with van der Waals surface area (Å²) in [7, 11) is 0. The predicted octanol–water partition coefficient (Wildman–Crippen LogP) is 4.42. The summed E-state index contributed by atoms with van der Waals surface area (Å²) in [6.07, 6.45) is 5.22. The molecule has 0 bridgehead atoms. The maximum Gasteiger partial charge on any atom is 0.107 e. The van der Waals surface area contributed by atoms with Gasteiger partial charge in [0.2, 0.25) is 0 Å². The van der Waals surface area contributed by atoms with Gasteiger partial charge in [0.1, 0.15) is 4.99 Å². The van der Waals surface area contributed by atoms with Crippen molar-refractivity contribution >= 4 is 34.7 Å². The fourth-order valence-electron chi connectivity index (χ4n) is 2.91. The van der Waals surface area contributed by atoms with Gasteiger partial charge in [-0.15, -0.1) is 11.8 Å². The molecule has 1 aromatic rings. The summed E-state index contributed by atoms with van der Waals surface area (Å²) in [4.78, 5) is 1.68. The van der Waals surface area contributed by atoms with E-state index in [1.54, 1.807) is 11.8 Å². The molecular formula is C16H24N2S2. The zero-order valence-corrected chi connectivity index (χ0v) is 13.9. The Morgan fingerprint density at radius 3 is 2.80 bits per heavy atom. The quantitative estimate of drug-likeness (QED) is 0.623. The zero-order valence-electron chi connectivity index (χ0n) is 12.3. The lowest BCUT2D eigenvalue weighted by Crippen LogP contribution is -2.31. The van der Waals surface area contributed by atoms with Gasteiger partial charge in [-0.1, -0.05) is 45.0 Å². The molecule has 20 heavy (non-hydrogen) atoms. The van der Waals surface area contributed by atoms with Gasteiger partial charge in [0.15, 0.2) is 0 Å². The van der Waals surface area contributed by atoms with Crippen molar-refractivity contribution in [3.8, 4) is 0 Å². The molecule has 3 N–H and O–H groups in total. The Morgan fingerprint density at radius 1 is 1.40 bits per heavy atom. The Kier molecular flexibility index (Phi) is 5.73. The van der Waals surface area contributed by atoms with Gasteiger partial charge in [-0.2, -0.15) is 0 Å². The van der Waals surface area contributed by atoms with Gasteiger partial charge in [-0.3, -0.25) is 0 Å². The molecule has 0 radical (unpaired) electrons. The molecule has 0 aromatic heterocycles. The van der Waals surface area contributed by atoms with Gasteiger partial charge in [0.05, 0.1) is 0 Å². The lowest BCUT2D eigenvalue weighted by atomic mass is 9.85. The van der Waals surface area contributed by atoms with Crippen LogP contribution in [0.15, 0.2) is 23.1 Å². The van der Waals surface area contributed by atoms with Crippen LogP contribution in [-0.2, 0) is 0 Å². The molecule has 0 amide bonds. The first kappa shape index (κ1) is 15.6. The van der Waals surface area contributed by atoms with Crippen LogP contribution < -0.4 is 11.1 Å². The fraction of sp³-hybridized carbons (Fsp3) is 0.562. The molecule has 2 atom stereocenters. The van der Waals surface area contributed by atoms with E-state index in [1.165, 1.54) is 30.6 Å². The minimum atomic E-state index is 0.493. The van der Waals surface area contributed by atoms with Crippen molar-refractivity contribution in [1.82, 2.24) is 0 Å². The molecule has 1 saturated carbocycles. The zero-order chi connectivity index (χ0) is 14.5. The average Bonchev–Trinajstić information content (AvgIpc) is 2.41. The van der Waals surface area contributed by atoms with E-state index < -0.39 is 0 Å². The maximum absolute atomic E-state index is 5.96. The van der Waals surface area contributed by atoms with Crippen molar-refractivity contribution in [2.75, 3.05) is 11.1 Å². The number of thiocarbonyl (C=S) groups is 1.